The molecule has 8 heteroatoms. The van der Waals surface area contributed by atoms with E-state index in [9.17, 15) is 13.2 Å². The largest absolute Gasteiger partial charge is 0.402 e. The first-order chi connectivity index (χ1) is 12.8. The lowest BCUT2D eigenvalue weighted by atomic mass is 10.1. The molecule has 140 valence electrons. The molecule has 0 atom stereocenters. The van der Waals surface area contributed by atoms with Gasteiger partial charge in [-0.15, -0.1) is 9.19 Å². The summed E-state index contributed by atoms with van der Waals surface area (Å²) < 4.78 is 31.2. The molecule has 0 aliphatic heterocycles. The van der Waals surface area contributed by atoms with Gasteiger partial charge in [0.25, 0.3) is 10.0 Å². The molecule has 0 bridgehead atoms. The first kappa shape index (κ1) is 18.7. The number of carbonyl (C=O) groups excluding carboxylic acids is 1. The van der Waals surface area contributed by atoms with E-state index >= 15 is 0 Å². The van der Waals surface area contributed by atoms with Gasteiger partial charge in [0.05, 0.1) is 10.5 Å². The summed E-state index contributed by atoms with van der Waals surface area (Å²) in [4.78, 5) is 12.3. The summed E-state index contributed by atoms with van der Waals surface area (Å²) in [5.41, 5.74) is 8.12. The molecule has 3 rings (SSSR count). The Morgan fingerprint density at radius 3 is 2.33 bits per heavy atom. The Morgan fingerprint density at radius 1 is 1.11 bits per heavy atom. The number of nitrogens with two attached hydrogens (primary N) is 1. The molecule has 0 aliphatic carbocycles. The van der Waals surface area contributed by atoms with Crippen molar-refractivity contribution in [2.75, 3.05) is 5.73 Å². The standard InChI is InChI=1S/C19H19N3O4S/c1-3-14-6-8-15(9-7-14)19(23)26-18-12-17(20)22(21-18)27(24,25)16-10-4-13(2)5-11-16/h4-12H,3,20H2,1-2H3. The number of hydrogen-bond donors (Lipinski definition) is 1. The highest BCUT2D eigenvalue weighted by atomic mass is 32.2. The zero-order chi connectivity index (χ0) is 19.6. The fraction of sp³-hybridized carbons (Fsp3) is 0.158. The molecule has 1 aromatic heterocycles. The maximum absolute atomic E-state index is 12.7. The monoisotopic (exact) mass is 385 g/mol. The molecule has 0 radical (unpaired) electrons. The number of aromatic nitrogens is 2. The Morgan fingerprint density at radius 2 is 1.74 bits per heavy atom. The maximum atomic E-state index is 12.7. The lowest BCUT2D eigenvalue weighted by Crippen LogP contribution is -2.17. The average Bonchev–Trinajstić information content (AvgIpc) is 3.03. The molecule has 0 fully saturated rings. The number of esters is 1. The van der Waals surface area contributed by atoms with Crippen LogP contribution in [0.15, 0.2) is 59.5 Å². The molecular formula is C19H19N3O4S. The van der Waals surface area contributed by atoms with Crippen LogP contribution in [0.2, 0.25) is 0 Å². The van der Waals surface area contributed by atoms with Crippen LogP contribution < -0.4 is 10.5 Å². The normalized spacial score (nSPS) is 11.3. The Hall–Kier alpha value is -3.13. The van der Waals surface area contributed by atoms with Crippen LogP contribution in [0, 0.1) is 6.92 Å². The number of aryl methyl sites for hydroxylation is 2. The summed E-state index contributed by atoms with van der Waals surface area (Å²) in [5, 5.41) is 3.84. The molecule has 0 spiro atoms. The molecule has 2 N–H and O–H groups in total. The van der Waals surface area contributed by atoms with Gasteiger partial charge < -0.3 is 10.5 Å². The van der Waals surface area contributed by atoms with E-state index in [0.717, 1.165) is 17.5 Å². The van der Waals surface area contributed by atoms with Gasteiger partial charge in [0, 0.05) is 6.07 Å². The van der Waals surface area contributed by atoms with Crippen molar-refractivity contribution in [3.05, 3.63) is 71.3 Å². The van der Waals surface area contributed by atoms with Crippen LogP contribution in [0.5, 0.6) is 5.88 Å². The molecule has 27 heavy (non-hydrogen) atoms. The van der Waals surface area contributed by atoms with Crippen molar-refractivity contribution in [2.45, 2.75) is 25.2 Å². The third-order valence-corrected chi connectivity index (χ3v) is 5.64. The van der Waals surface area contributed by atoms with Gasteiger partial charge in [0.15, 0.2) is 0 Å². The topological polar surface area (TPSA) is 104 Å². The van der Waals surface area contributed by atoms with Crippen LogP contribution in [0.1, 0.15) is 28.4 Å². The first-order valence-electron chi connectivity index (χ1n) is 8.30. The molecule has 2 aromatic carbocycles. The number of nitrogen functional groups attached to an aromatic ring is 1. The summed E-state index contributed by atoms with van der Waals surface area (Å²) in [6, 6.07) is 14.4. The molecule has 0 saturated heterocycles. The average molecular weight is 385 g/mol. The summed E-state index contributed by atoms with van der Waals surface area (Å²) in [6.45, 7) is 3.86. The van der Waals surface area contributed by atoms with Crippen LogP contribution in [-0.2, 0) is 16.4 Å². The van der Waals surface area contributed by atoms with E-state index in [0.29, 0.717) is 9.65 Å². The number of hydrogen-bond acceptors (Lipinski definition) is 6. The van der Waals surface area contributed by atoms with Crippen LogP contribution in [0.25, 0.3) is 0 Å². The second-order valence-electron chi connectivity index (χ2n) is 6.01. The van der Waals surface area contributed by atoms with E-state index in [1.165, 1.54) is 18.2 Å². The van der Waals surface area contributed by atoms with Crippen molar-refractivity contribution in [2.24, 2.45) is 0 Å². The van der Waals surface area contributed by atoms with Gasteiger partial charge in [0.2, 0.25) is 5.88 Å². The Bertz CT molecular complexity index is 1070. The van der Waals surface area contributed by atoms with Crippen molar-refractivity contribution in [1.82, 2.24) is 9.19 Å². The fourth-order valence-corrected chi connectivity index (χ4v) is 3.64. The van der Waals surface area contributed by atoms with Crippen molar-refractivity contribution < 1.29 is 17.9 Å². The van der Waals surface area contributed by atoms with Crippen molar-refractivity contribution >= 4 is 21.8 Å². The van der Waals surface area contributed by atoms with Gasteiger partial charge in [-0.3, -0.25) is 0 Å². The van der Waals surface area contributed by atoms with Gasteiger partial charge in [0.1, 0.15) is 5.82 Å². The van der Waals surface area contributed by atoms with Crippen LogP contribution in [0.4, 0.5) is 5.82 Å². The highest BCUT2D eigenvalue weighted by Gasteiger charge is 2.23. The van der Waals surface area contributed by atoms with Crippen LogP contribution in [0.3, 0.4) is 0 Å². The lowest BCUT2D eigenvalue weighted by Gasteiger charge is -2.06. The maximum Gasteiger partial charge on any atom is 0.344 e. The predicted octanol–water partition coefficient (Wildman–Crippen LogP) is 2.79. The smallest absolute Gasteiger partial charge is 0.344 e. The second kappa shape index (κ2) is 7.24. The van der Waals surface area contributed by atoms with Crippen molar-refractivity contribution in [3.8, 4) is 5.88 Å². The summed E-state index contributed by atoms with van der Waals surface area (Å²) in [5.74, 6) is -0.984. The Kier molecular flexibility index (Phi) is 5.00. The lowest BCUT2D eigenvalue weighted by molar-refractivity contribution is 0.0727. The summed E-state index contributed by atoms with van der Waals surface area (Å²) in [6.07, 6.45) is 0.854. The van der Waals surface area contributed by atoms with Gasteiger partial charge >= 0.3 is 5.97 Å². The number of rotatable bonds is 5. The number of carbonyl (C=O) groups is 1. The van der Waals surface area contributed by atoms with Crippen molar-refractivity contribution in [1.29, 1.82) is 0 Å². The highest BCUT2D eigenvalue weighted by molar-refractivity contribution is 7.90. The van der Waals surface area contributed by atoms with E-state index in [4.69, 9.17) is 10.5 Å². The first-order valence-corrected chi connectivity index (χ1v) is 9.74. The zero-order valence-electron chi connectivity index (χ0n) is 14.9. The third-order valence-electron chi connectivity index (χ3n) is 4.02. The summed E-state index contributed by atoms with van der Waals surface area (Å²) >= 11 is 0. The zero-order valence-corrected chi connectivity index (χ0v) is 15.7. The van der Waals surface area contributed by atoms with Crippen LogP contribution in [-0.4, -0.2) is 23.6 Å². The molecular weight excluding hydrogens is 366 g/mol. The van der Waals surface area contributed by atoms with E-state index in [2.05, 4.69) is 5.10 Å². The van der Waals surface area contributed by atoms with E-state index in [1.807, 2.05) is 26.0 Å². The van der Waals surface area contributed by atoms with Gasteiger partial charge in [-0.05, 0) is 43.2 Å². The SMILES string of the molecule is CCc1ccc(C(=O)Oc2cc(N)n(S(=O)(=O)c3ccc(C)cc3)n2)cc1. The Balaban J connectivity index is 1.85. The minimum Gasteiger partial charge on any atom is -0.402 e. The minimum absolute atomic E-state index is 0.0379. The predicted molar refractivity (Wildman–Crippen MR) is 101 cm³/mol. The highest BCUT2D eigenvalue weighted by Crippen LogP contribution is 2.22. The molecule has 3 aromatic rings. The molecule has 0 saturated carbocycles. The molecule has 0 unspecified atom stereocenters. The van der Waals surface area contributed by atoms with Gasteiger partial charge in [-0.25, -0.2) is 4.79 Å². The van der Waals surface area contributed by atoms with Gasteiger partial charge in [-0.1, -0.05) is 36.8 Å². The number of anilines is 1. The van der Waals surface area contributed by atoms with Crippen LogP contribution >= 0.6 is 0 Å². The summed E-state index contributed by atoms with van der Waals surface area (Å²) in [7, 11) is -3.99. The number of benzene rings is 2. The van der Waals surface area contributed by atoms with E-state index < -0.39 is 16.0 Å². The number of nitrogens with zero attached hydrogens (tertiary/aromatic N) is 2. The Labute approximate surface area is 157 Å². The van der Waals surface area contributed by atoms with Gasteiger partial charge in [-0.2, -0.15) is 8.42 Å². The van der Waals surface area contributed by atoms with Crippen molar-refractivity contribution in [3.63, 3.8) is 0 Å². The minimum atomic E-state index is -3.99. The molecule has 7 nitrogen and oxygen atoms in total. The second-order valence-corrected chi connectivity index (χ2v) is 7.78. The quantitative estimate of drug-likeness (QED) is 0.677. The van der Waals surface area contributed by atoms with E-state index in [-0.39, 0.29) is 16.6 Å². The molecule has 0 aliphatic rings. The molecule has 1 heterocycles. The molecule has 0 amide bonds. The fourth-order valence-electron chi connectivity index (χ4n) is 2.44. The van der Waals surface area contributed by atoms with E-state index in [1.54, 1.807) is 24.3 Å². The number of ether oxygens (including phenoxy) is 1. The third kappa shape index (κ3) is 3.85.